The quantitative estimate of drug-likeness (QED) is 0.568. The van der Waals surface area contributed by atoms with Crippen LogP contribution < -0.4 is 16.8 Å². The molecule has 0 radical (unpaired) electrons. The molecular formula is C18H19N5O4. The van der Waals surface area contributed by atoms with Gasteiger partial charge in [0.2, 0.25) is 0 Å². The largest absolute Gasteiger partial charge is 0.464 e. The first-order valence-electron chi connectivity index (χ1n) is 8.76. The van der Waals surface area contributed by atoms with Crippen molar-refractivity contribution in [2.75, 3.05) is 0 Å². The molecule has 9 nitrogen and oxygen atoms in total. The number of unbranched alkanes of at least 4 members (excludes halogenated alkanes) is 1. The van der Waals surface area contributed by atoms with E-state index in [2.05, 4.69) is 9.97 Å². The molecule has 4 aromatic rings. The third kappa shape index (κ3) is 2.71. The van der Waals surface area contributed by atoms with E-state index in [1.54, 1.807) is 29.9 Å². The first-order valence-corrected chi connectivity index (χ1v) is 8.76. The lowest BCUT2D eigenvalue weighted by atomic mass is 10.3. The zero-order chi connectivity index (χ0) is 19.1. The number of hydrogen-bond donors (Lipinski definition) is 1. The average molecular weight is 369 g/mol. The minimum atomic E-state index is -0.485. The lowest BCUT2D eigenvalue weighted by Gasteiger charge is -2.05. The first kappa shape index (κ1) is 17.1. The van der Waals surface area contributed by atoms with Crippen molar-refractivity contribution >= 4 is 22.1 Å². The van der Waals surface area contributed by atoms with Gasteiger partial charge in [0, 0.05) is 19.8 Å². The van der Waals surface area contributed by atoms with Gasteiger partial charge in [0.15, 0.2) is 11.2 Å². The van der Waals surface area contributed by atoms with Gasteiger partial charge in [-0.1, -0.05) is 13.3 Å². The summed E-state index contributed by atoms with van der Waals surface area (Å²) in [6, 6.07) is 3.33. The molecule has 0 amide bonds. The number of hydrogen-bond acceptors (Lipinski definition) is 5. The van der Waals surface area contributed by atoms with Crippen LogP contribution in [0.25, 0.3) is 22.1 Å². The number of pyridine rings is 1. The van der Waals surface area contributed by atoms with Gasteiger partial charge in [0.05, 0.1) is 18.2 Å². The molecule has 4 rings (SSSR count). The van der Waals surface area contributed by atoms with Crippen LogP contribution in [0.5, 0.6) is 0 Å². The summed E-state index contributed by atoms with van der Waals surface area (Å²) >= 11 is 0. The molecule has 0 bridgehead atoms. The number of nitrogens with zero attached hydrogens (tertiary/aromatic N) is 4. The van der Waals surface area contributed by atoms with Gasteiger partial charge < -0.3 is 13.6 Å². The van der Waals surface area contributed by atoms with Crippen molar-refractivity contribution in [3.05, 3.63) is 61.6 Å². The van der Waals surface area contributed by atoms with Crippen molar-refractivity contribution in [2.24, 2.45) is 7.05 Å². The second-order valence-electron chi connectivity index (χ2n) is 6.47. The Kier molecular flexibility index (Phi) is 4.06. The summed E-state index contributed by atoms with van der Waals surface area (Å²) in [6.45, 7) is 2.67. The zero-order valence-electron chi connectivity index (χ0n) is 15.1. The van der Waals surface area contributed by atoms with Gasteiger partial charge in [0.25, 0.3) is 11.1 Å². The fourth-order valence-electron chi connectivity index (χ4n) is 3.24. The Morgan fingerprint density at radius 3 is 2.81 bits per heavy atom. The van der Waals surface area contributed by atoms with Gasteiger partial charge in [-0.15, -0.1) is 0 Å². The predicted molar refractivity (Wildman–Crippen MR) is 100 cm³/mol. The van der Waals surface area contributed by atoms with Gasteiger partial charge in [-0.2, -0.15) is 0 Å². The standard InChI is InChI=1S/C18H19N5O4/c1-3-4-7-23-15-14(16(24)20-18(23)26)21(2)13(19-15)10-22-8-5-12-11(17(22)25)6-9-27-12/h5-6,8-9H,3-4,7,10H2,1-2H3,(H,20,24,26). The third-order valence-corrected chi connectivity index (χ3v) is 4.75. The van der Waals surface area contributed by atoms with Crippen LogP contribution in [-0.4, -0.2) is 23.7 Å². The van der Waals surface area contributed by atoms with E-state index in [0.29, 0.717) is 34.5 Å². The topological polar surface area (TPSA) is 108 Å². The second kappa shape index (κ2) is 6.42. The molecule has 0 saturated heterocycles. The summed E-state index contributed by atoms with van der Waals surface area (Å²) < 4.78 is 9.85. The van der Waals surface area contributed by atoms with Crippen molar-refractivity contribution in [1.29, 1.82) is 0 Å². The first-order chi connectivity index (χ1) is 13.0. The molecule has 140 valence electrons. The summed E-state index contributed by atoms with van der Waals surface area (Å²) in [5.41, 5.74) is 0.0196. The van der Waals surface area contributed by atoms with E-state index in [1.165, 1.54) is 15.4 Å². The summed E-state index contributed by atoms with van der Waals surface area (Å²) in [4.78, 5) is 44.0. The molecule has 0 fully saturated rings. The number of rotatable bonds is 5. The Morgan fingerprint density at radius 1 is 1.22 bits per heavy atom. The average Bonchev–Trinajstić information content (AvgIpc) is 3.23. The molecule has 4 heterocycles. The number of nitrogens with one attached hydrogen (secondary N) is 1. The highest BCUT2D eigenvalue weighted by Crippen LogP contribution is 2.13. The number of imidazole rings is 1. The molecule has 9 heteroatoms. The maximum atomic E-state index is 12.6. The lowest BCUT2D eigenvalue weighted by molar-refractivity contribution is 0.611. The minimum Gasteiger partial charge on any atom is -0.464 e. The third-order valence-electron chi connectivity index (χ3n) is 4.75. The van der Waals surface area contributed by atoms with Crippen LogP contribution in [0, 0.1) is 0 Å². The lowest BCUT2D eigenvalue weighted by Crippen LogP contribution is -2.31. The molecular weight excluding hydrogens is 350 g/mol. The van der Waals surface area contributed by atoms with Gasteiger partial charge in [-0.3, -0.25) is 19.1 Å². The van der Waals surface area contributed by atoms with E-state index in [0.717, 1.165) is 12.8 Å². The Hall–Kier alpha value is -3.36. The van der Waals surface area contributed by atoms with Crippen LogP contribution in [0.1, 0.15) is 25.6 Å². The number of aromatic amines is 1. The summed E-state index contributed by atoms with van der Waals surface area (Å²) in [5, 5.41) is 0.481. The maximum absolute atomic E-state index is 12.6. The molecule has 0 aliphatic rings. The smallest absolute Gasteiger partial charge is 0.330 e. The molecule has 0 spiro atoms. The van der Waals surface area contributed by atoms with Crippen LogP contribution in [0.4, 0.5) is 0 Å². The molecule has 0 unspecified atom stereocenters. The SMILES string of the molecule is CCCCn1c(=O)[nH]c(=O)c2c1nc(Cn1ccc3occc3c1=O)n2C. The van der Waals surface area contributed by atoms with Gasteiger partial charge >= 0.3 is 5.69 Å². The molecule has 0 saturated carbocycles. The molecule has 0 aromatic carbocycles. The summed E-state index contributed by atoms with van der Waals surface area (Å²) in [5.74, 6) is 0.510. The Morgan fingerprint density at radius 2 is 2.04 bits per heavy atom. The fourth-order valence-corrected chi connectivity index (χ4v) is 3.24. The highest BCUT2D eigenvalue weighted by Gasteiger charge is 2.17. The molecule has 1 N–H and O–H groups in total. The van der Waals surface area contributed by atoms with E-state index >= 15 is 0 Å². The number of fused-ring (bicyclic) bond motifs is 2. The van der Waals surface area contributed by atoms with E-state index in [4.69, 9.17) is 4.42 Å². The predicted octanol–water partition coefficient (Wildman–Crippen LogP) is 1.18. The van der Waals surface area contributed by atoms with Crippen molar-refractivity contribution < 1.29 is 4.42 Å². The van der Waals surface area contributed by atoms with E-state index in [1.807, 2.05) is 6.92 Å². The summed E-state index contributed by atoms with van der Waals surface area (Å²) in [7, 11) is 1.70. The molecule has 0 aliphatic heterocycles. The molecule has 4 aromatic heterocycles. The molecule has 0 aliphatic carbocycles. The second-order valence-corrected chi connectivity index (χ2v) is 6.47. The number of H-pyrrole nitrogens is 1. The van der Waals surface area contributed by atoms with Crippen LogP contribution in [0.15, 0.2) is 43.4 Å². The van der Waals surface area contributed by atoms with E-state index in [-0.39, 0.29) is 12.1 Å². The van der Waals surface area contributed by atoms with Gasteiger partial charge in [0.1, 0.15) is 11.4 Å². The van der Waals surface area contributed by atoms with Gasteiger partial charge in [-0.05, 0) is 18.6 Å². The normalized spacial score (nSPS) is 11.6. The van der Waals surface area contributed by atoms with Crippen LogP contribution in [0.3, 0.4) is 0 Å². The Bertz CT molecular complexity index is 1320. The monoisotopic (exact) mass is 369 g/mol. The van der Waals surface area contributed by atoms with Crippen LogP contribution in [-0.2, 0) is 20.1 Å². The van der Waals surface area contributed by atoms with E-state index < -0.39 is 11.2 Å². The van der Waals surface area contributed by atoms with Crippen molar-refractivity contribution in [3.63, 3.8) is 0 Å². The van der Waals surface area contributed by atoms with Crippen LogP contribution in [0.2, 0.25) is 0 Å². The van der Waals surface area contributed by atoms with Gasteiger partial charge in [-0.25, -0.2) is 9.78 Å². The fraction of sp³-hybridized carbons (Fsp3) is 0.333. The zero-order valence-corrected chi connectivity index (χ0v) is 15.1. The number of aromatic nitrogens is 5. The molecule has 27 heavy (non-hydrogen) atoms. The van der Waals surface area contributed by atoms with Crippen molar-refractivity contribution in [2.45, 2.75) is 32.9 Å². The minimum absolute atomic E-state index is 0.173. The Labute approximate surface area is 152 Å². The highest BCUT2D eigenvalue weighted by atomic mass is 16.3. The van der Waals surface area contributed by atoms with Crippen molar-refractivity contribution in [3.8, 4) is 0 Å². The molecule has 0 atom stereocenters. The highest BCUT2D eigenvalue weighted by molar-refractivity contribution is 5.75. The number of aryl methyl sites for hydroxylation is 2. The Balaban J connectivity index is 1.87. The van der Waals surface area contributed by atoms with E-state index in [9.17, 15) is 14.4 Å². The maximum Gasteiger partial charge on any atom is 0.330 e. The number of furan rings is 1. The van der Waals surface area contributed by atoms with Crippen molar-refractivity contribution in [1.82, 2.24) is 23.7 Å². The summed E-state index contributed by atoms with van der Waals surface area (Å²) in [6.07, 6.45) is 4.80. The van der Waals surface area contributed by atoms with Crippen LogP contribution >= 0.6 is 0 Å².